The molecule has 9 aromatic rings. The van der Waals surface area contributed by atoms with Crippen LogP contribution in [0.3, 0.4) is 0 Å². The molecule has 0 N–H and O–H groups in total. The Morgan fingerprint density at radius 3 is 2.02 bits per heavy atom. The minimum absolute atomic E-state index is 0.950. The Morgan fingerprint density at radius 2 is 1.20 bits per heavy atom. The van der Waals surface area contributed by atoms with Crippen LogP contribution in [0.25, 0.3) is 85.6 Å². The molecule has 0 radical (unpaired) electrons. The number of aromatic nitrogens is 2. The maximum atomic E-state index is 5.44. The molecule has 0 fully saturated rings. The van der Waals surface area contributed by atoms with E-state index in [1.807, 2.05) is 23.6 Å². The Morgan fingerprint density at radius 1 is 0.463 bits per heavy atom. The molecule has 0 aliphatic heterocycles. The van der Waals surface area contributed by atoms with Crippen molar-refractivity contribution in [3.8, 4) is 11.3 Å². The van der Waals surface area contributed by atoms with Crippen LogP contribution in [0.4, 0.5) is 0 Å². The summed E-state index contributed by atoms with van der Waals surface area (Å²) in [6.45, 7) is 0. The molecule has 0 spiro atoms. The number of pyridine rings is 2. The Labute approximate surface area is 239 Å². The molecule has 0 amide bonds. The van der Waals surface area contributed by atoms with Crippen molar-refractivity contribution in [3.63, 3.8) is 0 Å². The van der Waals surface area contributed by atoms with Gasteiger partial charge in [-0.1, -0.05) is 84.9 Å². The Hall–Kier alpha value is -5.12. The van der Waals surface area contributed by atoms with E-state index in [4.69, 9.17) is 9.97 Å². The molecule has 190 valence electrons. The molecule has 0 atom stereocenters. The minimum Gasteiger partial charge on any atom is -0.256 e. The number of fused-ring (bicyclic) bond motifs is 13. The molecule has 5 aromatic carbocycles. The van der Waals surface area contributed by atoms with Crippen molar-refractivity contribution < 1.29 is 0 Å². The molecule has 9 rings (SSSR count). The van der Waals surface area contributed by atoms with Crippen LogP contribution >= 0.6 is 11.3 Å². The van der Waals surface area contributed by atoms with Gasteiger partial charge in [-0.3, -0.25) is 4.98 Å². The first-order valence-electron chi connectivity index (χ1n) is 13.8. The highest BCUT2D eigenvalue weighted by atomic mass is 32.1. The minimum atomic E-state index is 0.950. The van der Waals surface area contributed by atoms with Gasteiger partial charge in [-0.2, -0.15) is 0 Å². The van der Waals surface area contributed by atoms with Gasteiger partial charge in [-0.25, -0.2) is 4.98 Å². The number of hydrogen-bond acceptors (Lipinski definition) is 3. The second kappa shape index (κ2) is 8.69. The van der Waals surface area contributed by atoms with Crippen molar-refractivity contribution in [1.82, 2.24) is 9.97 Å². The summed E-state index contributed by atoms with van der Waals surface area (Å²) < 4.78 is 2.57. The smallest absolute Gasteiger partial charge is 0.0789 e. The quantitative estimate of drug-likeness (QED) is 0.208. The van der Waals surface area contributed by atoms with Crippen molar-refractivity contribution in [1.29, 1.82) is 0 Å². The third kappa shape index (κ3) is 3.56. The summed E-state index contributed by atoms with van der Waals surface area (Å²) in [7, 11) is 0. The van der Waals surface area contributed by atoms with Crippen LogP contribution in [0.1, 0.15) is 0 Å². The lowest BCUT2D eigenvalue weighted by molar-refractivity contribution is 1.35. The van der Waals surface area contributed by atoms with Crippen molar-refractivity contribution in [3.05, 3.63) is 134 Å². The molecule has 0 saturated carbocycles. The number of rotatable bonds is 1. The average molecular weight is 539 g/mol. The topological polar surface area (TPSA) is 25.8 Å². The van der Waals surface area contributed by atoms with Gasteiger partial charge in [-0.05, 0) is 64.0 Å². The summed E-state index contributed by atoms with van der Waals surface area (Å²) in [5.74, 6) is 0. The normalized spacial score (nSPS) is 11.9. The molecule has 8 bridgehead atoms. The third-order valence-corrected chi connectivity index (χ3v) is 9.36. The van der Waals surface area contributed by atoms with E-state index in [-0.39, 0.29) is 0 Å². The Kier molecular flexibility index (Phi) is 4.80. The molecular formula is C38H22N2S. The molecular weight excluding hydrogens is 516 g/mol. The zero-order valence-corrected chi connectivity index (χ0v) is 22.8. The van der Waals surface area contributed by atoms with E-state index in [1.54, 1.807) is 0 Å². The van der Waals surface area contributed by atoms with Crippen LogP contribution in [0.5, 0.6) is 0 Å². The summed E-state index contributed by atoms with van der Waals surface area (Å²) in [4.78, 5) is 10.3. The monoisotopic (exact) mass is 538 g/mol. The van der Waals surface area contributed by atoms with Crippen molar-refractivity contribution in [2.24, 2.45) is 0 Å². The summed E-state index contributed by atoms with van der Waals surface area (Å²) in [6, 6.07) is 45.9. The highest BCUT2D eigenvalue weighted by Crippen LogP contribution is 2.39. The summed E-state index contributed by atoms with van der Waals surface area (Å²) in [5, 5.41) is 11.8. The maximum absolute atomic E-state index is 5.44. The molecule has 0 aliphatic rings. The zero-order chi connectivity index (χ0) is 26.9. The molecule has 4 aromatic heterocycles. The molecule has 2 nitrogen and oxygen atoms in total. The van der Waals surface area contributed by atoms with E-state index in [0.717, 1.165) is 43.8 Å². The number of hydrogen-bond donors (Lipinski definition) is 0. The summed E-state index contributed by atoms with van der Waals surface area (Å²) in [6.07, 6.45) is 2.01. The Bertz CT molecular complexity index is 2530. The van der Waals surface area contributed by atoms with Crippen LogP contribution in [0, 0.1) is 0 Å². The fourth-order valence-electron chi connectivity index (χ4n) is 6.22. The molecule has 0 saturated heterocycles. The van der Waals surface area contributed by atoms with Crippen LogP contribution in [-0.2, 0) is 0 Å². The second-order valence-corrected chi connectivity index (χ2v) is 11.7. The molecule has 0 aliphatic carbocycles. The molecule has 4 heterocycles. The van der Waals surface area contributed by atoms with Gasteiger partial charge in [0.15, 0.2) is 0 Å². The van der Waals surface area contributed by atoms with Crippen molar-refractivity contribution in [2.45, 2.75) is 0 Å². The van der Waals surface area contributed by atoms with Gasteiger partial charge in [-0.15, -0.1) is 11.3 Å². The van der Waals surface area contributed by atoms with Gasteiger partial charge in [0.2, 0.25) is 0 Å². The van der Waals surface area contributed by atoms with Crippen LogP contribution in [0.2, 0.25) is 0 Å². The van der Waals surface area contributed by atoms with E-state index in [2.05, 4.69) is 121 Å². The lowest BCUT2D eigenvalue weighted by atomic mass is 10.0. The summed E-state index contributed by atoms with van der Waals surface area (Å²) in [5.41, 5.74) is 4.00. The van der Waals surface area contributed by atoms with Gasteiger partial charge in [0.05, 0.1) is 16.7 Å². The van der Waals surface area contributed by atoms with E-state index < -0.39 is 0 Å². The number of benzene rings is 5. The number of nitrogens with zero attached hydrogens (tertiary/aromatic N) is 2. The fourth-order valence-corrected chi connectivity index (χ4v) is 7.33. The first-order chi connectivity index (χ1) is 20.3. The average Bonchev–Trinajstić information content (AvgIpc) is 3.42. The van der Waals surface area contributed by atoms with Crippen molar-refractivity contribution in [2.75, 3.05) is 0 Å². The predicted molar refractivity (Wildman–Crippen MR) is 177 cm³/mol. The maximum Gasteiger partial charge on any atom is 0.0789 e. The number of thiophene rings is 1. The molecule has 41 heavy (non-hydrogen) atoms. The van der Waals surface area contributed by atoms with E-state index in [1.165, 1.54) is 41.7 Å². The summed E-state index contributed by atoms with van der Waals surface area (Å²) >= 11 is 1.85. The van der Waals surface area contributed by atoms with Gasteiger partial charge < -0.3 is 0 Å². The molecule has 0 unspecified atom stereocenters. The SMILES string of the molecule is c1ccc(-c2cc3c(cn2)cc2nc3c3cccc(c3)c3cccc(c3)c3ccc4sc5cccc2c5c4c3)cc1. The highest BCUT2D eigenvalue weighted by molar-refractivity contribution is 7.26. The first-order valence-corrected chi connectivity index (χ1v) is 14.6. The van der Waals surface area contributed by atoms with Gasteiger partial charge in [0.25, 0.3) is 0 Å². The Balaban J connectivity index is 1.55. The fraction of sp³-hybridized carbons (Fsp3) is 0. The van der Waals surface area contributed by atoms with E-state index >= 15 is 0 Å². The third-order valence-electron chi connectivity index (χ3n) is 8.22. The predicted octanol–water partition coefficient (Wildman–Crippen LogP) is 10.8. The highest BCUT2D eigenvalue weighted by Gasteiger charge is 2.12. The van der Waals surface area contributed by atoms with E-state index in [9.17, 15) is 0 Å². The van der Waals surface area contributed by atoms with Crippen molar-refractivity contribution >= 4 is 85.6 Å². The van der Waals surface area contributed by atoms with Crippen LogP contribution in [-0.4, -0.2) is 9.97 Å². The lowest BCUT2D eigenvalue weighted by Gasteiger charge is -2.08. The second-order valence-electron chi connectivity index (χ2n) is 10.7. The molecule has 3 heteroatoms. The van der Waals surface area contributed by atoms with E-state index in [0.29, 0.717) is 0 Å². The van der Waals surface area contributed by atoms with Crippen LogP contribution < -0.4 is 0 Å². The zero-order valence-electron chi connectivity index (χ0n) is 22.0. The van der Waals surface area contributed by atoms with Crippen LogP contribution in [0.15, 0.2) is 134 Å². The first kappa shape index (κ1) is 22.7. The largest absolute Gasteiger partial charge is 0.256 e. The van der Waals surface area contributed by atoms with Gasteiger partial charge in [0.1, 0.15) is 0 Å². The lowest BCUT2D eigenvalue weighted by Crippen LogP contribution is -1.88. The standard InChI is InChI=1S/C38H22N2S/c1-2-7-23(8-3-1)33-21-31-29(22-39-33)20-34-30-13-6-14-36-37(30)32-19-27(15-16-35(32)41-36)25-10-4-9-24(17-25)26-11-5-12-28(18-26)38(31)40-34/h1-22H. The van der Waals surface area contributed by atoms with Gasteiger partial charge >= 0.3 is 0 Å². The van der Waals surface area contributed by atoms with Gasteiger partial charge in [0, 0.05) is 53.5 Å².